The summed E-state index contributed by atoms with van der Waals surface area (Å²) in [6.45, 7) is 1.96. The zero-order chi connectivity index (χ0) is 17.3. The molecule has 0 radical (unpaired) electrons. The van der Waals surface area contributed by atoms with Crippen LogP contribution in [0.15, 0.2) is 51.7 Å². The van der Waals surface area contributed by atoms with E-state index in [2.05, 4.69) is 0 Å². The van der Waals surface area contributed by atoms with Crippen molar-refractivity contribution in [2.45, 2.75) is 25.8 Å². The van der Waals surface area contributed by atoms with E-state index in [4.69, 9.17) is 10.2 Å². The fraction of sp³-hybridized carbons (Fsp3) is 0.211. The minimum absolute atomic E-state index is 0.119. The van der Waals surface area contributed by atoms with Crippen LogP contribution in [-0.2, 0) is 0 Å². The molecule has 1 atom stereocenters. The van der Waals surface area contributed by atoms with Gasteiger partial charge in [0.2, 0.25) is 5.43 Å². The minimum atomic E-state index is -0.672. The second-order valence-electron chi connectivity index (χ2n) is 5.69. The third kappa shape index (κ3) is 2.83. The number of hydrogen-bond acceptors (Lipinski definition) is 3. The van der Waals surface area contributed by atoms with Crippen LogP contribution in [0.5, 0.6) is 0 Å². The van der Waals surface area contributed by atoms with Crippen molar-refractivity contribution in [3.63, 3.8) is 0 Å². The highest BCUT2D eigenvalue weighted by molar-refractivity contribution is 5.83. The summed E-state index contributed by atoms with van der Waals surface area (Å²) in [6.07, 6.45) is 1.38. The van der Waals surface area contributed by atoms with Crippen molar-refractivity contribution in [3.8, 4) is 11.1 Å². The molecule has 2 aromatic carbocycles. The first-order valence-corrected chi connectivity index (χ1v) is 7.79. The van der Waals surface area contributed by atoms with Gasteiger partial charge in [-0.05, 0) is 36.2 Å². The minimum Gasteiger partial charge on any atom is -0.458 e. The number of rotatable bonds is 4. The van der Waals surface area contributed by atoms with Gasteiger partial charge in [-0.1, -0.05) is 31.5 Å². The van der Waals surface area contributed by atoms with E-state index in [0.29, 0.717) is 12.0 Å². The second-order valence-corrected chi connectivity index (χ2v) is 5.69. The van der Waals surface area contributed by atoms with E-state index < -0.39 is 23.1 Å². The lowest BCUT2D eigenvalue weighted by atomic mass is 9.97. The summed E-state index contributed by atoms with van der Waals surface area (Å²) in [5, 5.41) is -0.149. The molecule has 3 rings (SSSR count). The zero-order valence-electron chi connectivity index (χ0n) is 13.2. The Balaban J connectivity index is 2.39. The Morgan fingerprint density at radius 2 is 1.92 bits per heavy atom. The summed E-state index contributed by atoms with van der Waals surface area (Å²) >= 11 is 0. The summed E-state index contributed by atoms with van der Waals surface area (Å²) in [7, 11) is 0. The van der Waals surface area contributed by atoms with E-state index >= 15 is 0 Å². The molecule has 124 valence electrons. The smallest absolute Gasteiger partial charge is 0.203 e. The van der Waals surface area contributed by atoms with Crippen LogP contribution >= 0.6 is 0 Å². The third-order valence-electron chi connectivity index (χ3n) is 3.95. The lowest BCUT2D eigenvalue weighted by Crippen LogP contribution is -2.17. The van der Waals surface area contributed by atoms with Crippen molar-refractivity contribution in [3.05, 3.63) is 70.1 Å². The van der Waals surface area contributed by atoms with Gasteiger partial charge in [-0.2, -0.15) is 0 Å². The maximum absolute atomic E-state index is 14.1. The van der Waals surface area contributed by atoms with Crippen molar-refractivity contribution in [1.29, 1.82) is 0 Å². The van der Waals surface area contributed by atoms with Gasteiger partial charge in [0.1, 0.15) is 28.4 Å². The number of halogens is 2. The molecule has 0 aliphatic rings. The molecule has 0 bridgehead atoms. The van der Waals surface area contributed by atoms with Crippen LogP contribution in [-0.4, -0.2) is 0 Å². The molecule has 2 N–H and O–H groups in total. The molecule has 0 spiro atoms. The first-order chi connectivity index (χ1) is 11.5. The van der Waals surface area contributed by atoms with Crippen LogP contribution < -0.4 is 11.2 Å². The Bertz CT molecular complexity index is 950. The van der Waals surface area contributed by atoms with Gasteiger partial charge < -0.3 is 10.2 Å². The average molecular weight is 329 g/mol. The van der Waals surface area contributed by atoms with Crippen LogP contribution in [0.1, 0.15) is 31.6 Å². The van der Waals surface area contributed by atoms with Crippen molar-refractivity contribution in [1.82, 2.24) is 0 Å². The second kappa shape index (κ2) is 6.53. The lowest BCUT2D eigenvalue weighted by molar-refractivity contribution is 0.466. The van der Waals surface area contributed by atoms with Gasteiger partial charge >= 0.3 is 0 Å². The molecule has 5 heteroatoms. The molecule has 1 heterocycles. The van der Waals surface area contributed by atoms with E-state index in [1.165, 1.54) is 36.4 Å². The third-order valence-corrected chi connectivity index (χ3v) is 3.95. The molecular weight excluding hydrogens is 312 g/mol. The van der Waals surface area contributed by atoms with Gasteiger partial charge in [-0.25, -0.2) is 8.78 Å². The Morgan fingerprint density at radius 3 is 2.62 bits per heavy atom. The summed E-state index contributed by atoms with van der Waals surface area (Å²) in [6, 6.07) is 9.23. The normalized spacial score (nSPS) is 12.5. The van der Waals surface area contributed by atoms with Crippen molar-refractivity contribution in [2.24, 2.45) is 5.73 Å². The average Bonchev–Trinajstić information content (AvgIpc) is 2.54. The van der Waals surface area contributed by atoms with E-state index in [9.17, 15) is 13.6 Å². The predicted molar refractivity (Wildman–Crippen MR) is 89.7 cm³/mol. The van der Waals surface area contributed by atoms with E-state index in [1.54, 1.807) is 6.07 Å². The zero-order valence-corrected chi connectivity index (χ0v) is 13.2. The SMILES string of the molecule is CCCC(N)c1oc2cccc(F)c2c(=O)c1-c1cccc(F)c1. The molecule has 1 unspecified atom stereocenters. The first kappa shape index (κ1) is 16.3. The van der Waals surface area contributed by atoms with Crippen LogP contribution in [0.25, 0.3) is 22.1 Å². The highest BCUT2D eigenvalue weighted by Crippen LogP contribution is 2.30. The van der Waals surface area contributed by atoms with Gasteiger partial charge in [-0.3, -0.25) is 4.79 Å². The van der Waals surface area contributed by atoms with Crippen molar-refractivity contribution in [2.75, 3.05) is 0 Å². The molecule has 3 aromatic rings. The molecule has 0 amide bonds. The fourth-order valence-corrected chi connectivity index (χ4v) is 2.84. The number of hydrogen-bond donors (Lipinski definition) is 1. The Morgan fingerprint density at radius 1 is 1.17 bits per heavy atom. The van der Waals surface area contributed by atoms with Gasteiger partial charge in [0.15, 0.2) is 0 Å². The highest BCUT2D eigenvalue weighted by atomic mass is 19.1. The van der Waals surface area contributed by atoms with Crippen LogP contribution in [0.3, 0.4) is 0 Å². The molecule has 1 aromatic heterocycles. The molecular formula is C19H17F2NO2. The van der Waals surface area contributed by atoms with E-state index in [-0.39, 0.29) is 22.3 Å². The van der Waals surface area contributed by atoms with Crippen LogP contribution in [0.2, 0.25) is 0 Å². The molecule has 24 heavy (non-hydrogen) atoms. The molecule has 0 fully saturated rings. The molecule has 0 saturated carbocycles. The Labute approximate surface area is 137 Å². The van der Waals surface area contributed by atoms with Crippen LogP contribution in [0.4, 0.5) is 8.78 Å². The predicted octanol–water partition coefficient (Wildman–Crippen LogP) is 4.54. The van der Waals surface area contributed by atoms with E-state index in [1.807, 2.05) is 6.92 Å². The molecule has 0 aliphatic carbocycles. The maximum Gasteiger partial charge on any atom is 0.203 e. The van der Waals surface area contributed by atoms with Gasteiger partial charge in [-0.15, -0.1) is 0 Å². The summed E-state index contributed by atoms with van der Waals surface area (Å²) < 4.78 is 33.5. The molecule has 0 aliphatic heterocycles. The molecule has 3 nitrogen and oxygen atoms in total. The van der Waals surface area contributed by atoms with Crippen molar-refractivity contribution >= 4 is 11.0 Å². The Kier molecular flexibility index (Phi) is 4.44. The highest BCUT2D eigenvalue weighted by Gasteiger charge is 2.22. The largest absolute Gasteiger partial charge is 0.458 e. The Hall–Kier alpha value is -2.53. The number of nitrogens with two attached hydrogens (primary N) is 1. The van der Waals surface area contributed by atoms with E-state index in [0.717, 1.165) is 6.42 Å². The quantitative estimate of drug-likeness (QED) is 0.764. The topological polar surface area (TPSA) is 56.2 Å². The lowest BCUT2D eigenvalue weighted by Gasteiger charge is -2.15. The fourth-order valence-electron chi connectivity index (χ4n) is 2.84. The van der Waals surface area contributed by atoms with Gasteiger partial charge in [0.05, 0.1) is 11.6 Å². The molecule has 0 saturated heterocycles. The summed E-state index contributed by atoms with van der Waals surface area (Å²) in [5.41, 5.74) is 6.21. The summed E-state index contributed by atoms with van der Waals surface area (Å²) in [4.78, 5) is 12.9. The monoisotopic (exact) mass is 329 g/mol. The van der Waals surface area contributed by atoms with Gasteiger partial charge in [0.25, 0.3) is 0 Å². The number of fused-ring (bicyclic) bond motifs is 1. The first-order valence-electron chi connectivity index (χ1n) is 7.79. The van der Waals surface area contributed by atoms with Crippen molar-refractivity contribution < 1.29 is 13.2 Å². The van der Waals surface area contributed by atoms with Gasteiger partial charge in [0, 0.05) is 0 Å². The standard InChI is InChI=1S/C19H17F2NO2/c1-2-5-14(22)19-16(11-6-3-7-12(20)10-11)18(23)17-13(21)8-4-9-15(17)24-19/h3-4,6-10,14H,2,5,22H2,1H3. The van der Waals surface area contributed by atoms with Crippen LogP contribution in [0, 0.1) is 11.6 Å². The number of benzene rings is 2. The maximum atomic E-state index is 14.1. The summed E-state index contributed by atoms with van der Waals surface area (Å²) in [5.74, 6) is -0.907.